The van der Waals surface area contributed by atoms with E-state index >= 15 is 0 Å². The molecule has 0 saturated carbocycles. The van der Waals surface area contributed by atoms with Gasteiger partial charge in [-0.05, 0) is 63.6 Å². The van der Waals surface area contributed by atoms with Gasteiger partial charge >= 0.3 is 0 Å². The maximum absolute atomic E-state index is 12.2. The van der Waals surface area contributed by atoms with Crippen molar-refractivity contribution in [3.63, 3.8) is 0 Å². The van der Waals surface area contributed by atoms with Crippen LogP contribution < -0.4 is 5.32 Å². The van der Waals surface area contributed by atoms with Gasteiger partial charge in [-0.3, -0.25) is 4.79 Å². The van der Waals surface area contributed by atoms with Crippen molar-refractivity contribution in [2.45, 2.75) is 19.5 Å². The quantitative estimate of drug-likeness (QED) is 0.753. The molecule has 1 unspecified atom stereocenters. The Bertz CT molecular complexity index is 571. The molecule has 0 aliphatic rings. The summed E-state index contributed by atoms with van der Waals surface area (Å²) in [7, 11) is 0. The van der Waals surface area contributed by atoms with Gasteiger partial charge in [-0.25, -0.2) is 4.98 Å². The van der Waals surface area contributed by atoms with Crippen LogP contribution in [0.2, 0.25) is 0 Å². The summed E-state index contributed by atoms with van der Waals surface area (Å²) in [6.45, 7) is 2.67. The Balaban J connectivity index is 2.02. The number of nitrogens with one attached hydrogen (secondary N) is 1. The molecular weight excluding hydrogens is 421 g/mol. The Kier molecular flexibility index (Phi) is 4.98. The van der Waals surface area contributed by atoms with Crippen molar-refractivity contribution in [2.75, 3.05) is 0 Å². The molecule has 1 N–H and O–H groups in total. The fraction of sp³-hybridized carbons (Fsp3) is 0.231. The molecule has 2 aromatic rings. The van der Waals surface area contributed by atoms with E-state index in [0.717, 1.165) is 8.04 Å². The van der Waals surface area contributed by atoms with E-state index in [1.54, 1.807) is 12.5 Å². The highest BCUT2D eigenvalue weighted by molar-refractivity contribution is 14.1. The van der Waals surface area contributed by atoms with Crippen molar-refractivity contribution in [1.29, 1.82) is 0 Å². The average Bonchev–Trinajstić information content (AvgIpc) is 2.84. The van der Waals surface area contributed by atoms with Crippen LogP contribution in [0.3, 0.4) is 0 Å². The van der Waals surface area contributed by atoms with Gasteiger partial charge in [0, 0.05) is 33.0 Å². The number of benzene rings is 1. The van der Waals surface area contributed by atoms with E-state index in [1.165, 1.54) is 0 Å². The van der Waals surface area contributed by atoms with E-state index in [4.69, 9.17) is 0 Å². The Morgan fingerprint density at radius 2 is 2.37 bits per heavy atom. The van der Waals surface area contributed by atoms with Crippen molar-refractivity contribution < 1.29 is 4.79 Å². The predicted octanol–water partition coefficient (Wildman–Crippen LogP) is 3.07. The summed E-state index contributed by atoms with van der Waals surface area (Å²) >= 11 is 5.60. The SMILES string of the molecule is CC(Cn1ccnc1)NC(=O)c1cc(I)ccc1Br. The fourth-order valence-corrected chi connectivity index (χ4v) is 2.65. The molecule has 19 heavy (non-hydrogen) atoms. The Morgan fingerprint density at radius 1 is 1.58 bits per heavy atom. The molecule has 1 aromatic carbocycles. The molecule has 1 heterocycles. The smallest absolute Gasteiger partial charge is 0.252 e. The van der Waals surface area contributed by atoms with Crippen LogP contribution in [0.1, 0.15) is 17.3 Å². The van der Waals surface area contributed by atoms with Crippen molar-refractivity contribution in [3.05, 3.63) is 50.5 Å². The lowest BCUT2D eigenvalue weighted by Gasteiger charge is -2.15. The number of amides is 1. The summed E-state index contributed by atoms with van der Waals surface area (Å²) in [5, 5.41) is 2.98. The Morgan fingerprint density at radius 3 is 3.05 bits per heavy atom. The van der Waals surface area contributed by atoms with Crippen LogP contribution in [-0.4, -0.2) is 21.5 Å². The number of carbonyl (C=O) groups is 1. The first-order valence-electron chi connectivity index (χ1n) is 5.78. The summed E-state index contributed by atoms with van der Waals surface area (Å²) in [5.74, 6) is -0.0713. The Labute approximate surface area is 133 Å². The van der Waals surface area contributed by atoms with Crippen LogP contribution in [0, 0.1) is 3.57 Å². The number of halogens is 2. The summed E-state index contributed by atoms with van der Waals surface area (Å²) < 4.78 is 3.78. The molecule has 1 amide bonds. The van der Waals surface area contributed by atoms with Crippen molar-refractivity contribution in [1.82, 2.24) is 14.9 Å². The van der Waals surface area contributed by atoms with Crippen LogP contribution in [0.4, 0.5) is 0 Å². The maximum Gasteiger partial charge on any atom is 0.252 e. The minimum Gasteiger partial charge on any atom is -0.348 e. The van der Waals surface area contributed by atoms with Crippen molar-refractivity contribution in [3.8, 4) is 0 Å². The predicted molar refractivity (Wildman–Crippen MR) is 86.0 cm³/mol. The van der Waals surface area contributed by atoms with Crippen molar-refractivity contribution >= 4 is 44.4 Å². The van der Waals surface area contributed by atoms with E-state index in [9.17, 15) is 4.79 Å². The minimum atomic E-state index is -0.0713. The summed E-state index contributed by atoms with van der Waals surface area (Å²) in [4.78, 5) is 16.2. The third-order valence-electron chi connectivity index (χ3n) is 2.59. The summed E-state index contributed by atoms with van der Waals surface area (Å²) in [5.41, 5.74) is 0.657. The van der Waals surface area contributed by atoms with Gasteiger partial charge in [-0.1, -0.05) is 0 Å². The van der Waals surface area contributed by atoms with Gasteiger partial charge in [-0.2, -0.15) is 0 Å². The van der Waals surface area contributed by atoms with Crippen LogP contribution in [0.25, 0.3) is 0 Å². The molecule has 0 spiro atoms. The zero-order chi connectivity index (χ0) is 13.8. The normalized spacial score (nSPS) is 12.2. The van der Waals surface area contributed by atoms with Gasteiger partial charge in [0.1, 0.15) is 0 Å². The molecule has 0 aliphatic carbocycles. The Hall–Kier alpha value is -0.890. The first kappa shape index (κ1) is 14.5. The lowest BCUT2D eigenvalue weighted by molar-refractivity contribution is 0.0936. The first-order valence-corrected chi connectivity index (χ1v) is 7.65. The highest BCUT2D eigenvalue weighted by Gasteiger charge is 2.13. The molecule has 6 heteroatoms. The standard InChI is InChI=1S/C13H13BrIN3O/c1-9(7-18-5-4-16-8-18)17-13(19)11-6-10(15)2-3-12(11)14/h2-6,8-9H,7H2,1H3,(H,17,19). The van der Waals surface area contributed by atoms with Gasteiger partial charge < -0.3 is 9.88 Å². The van der Waals surface area contributed by atoms with Crippen LogP contribution >= 0.6 is 38.5 Å². The molecule has 0 radical (unpaired) electrons. The van der Waals surface area contributed by atoms with E-state index in [-0.39, 0.29) is 11.9 Å². The second kappa shape index (κ2) is 6.51. The molecular formula is C13H13BrIN3O. The summed E-state index contributed by atoms with van der Waals surface area (Å²) in [6, 6.07) is 5.74. The van der Waals surface area contributed by atoms with E-state index in [2.05, 4.69) is 48.8 Å². The number of rotatable bonds is 4. The zero-order valence-corrected chi connectivity index (χ0v) is 14.1. The topological polar surface area (TPSA) is 46.9 Å². The number of nitrogens with zero attached hydrogens (tertiary/aromatic N) is 2. The average molecular weight is 434 g/mol. The van der Waals surface area contributed by atoms with Crippen molar-refractivity contribution in [2.24, 2.45) is 0 Å². The van der Waals surface area contributed by atoms with Gasteiger partial charge in [0.05, 0.1) is 11.9 Å². The minimum absolute atomic E-state index is 0.0338. The maximum atomic E-state index is 12.2. The molecule has 0 bridgehead atoms. The monoisotopic (exact) mass is 433 g/mol. The van der Waals surface area contributed by atoms with Crippen LogP contribution in [0.15, 0.2) is 41.4 Å². The number of carbonyl (C=O) groups excluding carboxylic acids is 1. The molecule has 100 valence electrons. The third-order valence-corrected chi connectivity index (χ3v) is 3.96. The third kappa shape index (κ3) is 4.04. The number of imidazole rings is 1. The summed E-state index contributed by atoms with van der Waals surface area (Å²) in [6.07, 6.45) is 5.35. The largest absolute Gasteiger partial charge is 0.348 e. The van der Waals surface area contributed by atoms with E-state index < -0.39 is 0 Å². The highest BCUT2D eigenvalue weighted by atomic mass is 127. The van der Waals surface area contributed by atoms with Gasteiger partial charge in [-0.15, -0.1) is 0 Å². The second-order valence-corrected chi connectivity index (χ2v) is 6.36. The lowest BCUT2D eigenvalue weighted by atomic mass is 10.2. The molecule has 0 fully saturated rings. The number of hydrogen-bond donors (Lipinski definition) is 1. The van der Waals surface area contributed by atoms with Crippen LogP contribution in [-0.2, 0) is 6.54 Å². The van der Waals surface area contributed by atoms with Crippen LogP contribution in [0.5, 0.6) is 0 Å². The highest BCUT2D eigenvalue weighted by Crippen LogP contribution is 2.19. The fourth-order valence-electron chi connectivity index (χ4n) is 1.73. The molecule has 0 aliphatic heterocycles. The molecule has 4 nitrogen and oxygen atoms in total. The first-order chi connectivity index (χ1) is 9.06. The number of aromatic nitrogens is 2. The van der Waals surface area contributed by atoms with Gasteiger partial charge in [0.25, 0.3) is 5.91 Å². The number of hydrogen-bond acceptors (Lipinski definition) is 2. The zero-order valence-electron chi connectivity index (χ0n) is 10.3. The molecule has 0 saturated heterocycles. The molecule has 1 atom stereocenters. The molecule has 2 rings (SSSR count). The van der Waals surface area contributed by atoms with E-state index in [1.807, 2.05) is 35.9 Å². The van der Waals surface area contributed by atoms with Gasteiger partial charge in [0.2, 0.25) is 0 Å². The lowest BCUT2D eigenvalue weighted by Crippen LogP contribution is -2.35. The van der Waals surface area contributed by atoms with Gasteiger partial charge in [0.15, 0.2) is 0 Å². The van der Waals surface area contributed by atoms with E-state index in [0.29, 0.717) is 12.1 Å². The molecule has 1 aromatic heterocycles. The second-order valence-electron chi connectivity index (χ2n) is 4.26.